The van der Waals surface area contributed by atoms with Gasteiger partial charge in [0.15, 0.2) is 5.16 Å². The summed E-state index contributed by atoms with van der Waals surface area (Å²) in [5, 5.41) is 0.661. The van der Waals surface area contributed by atoms with Gasteiger partial charge in [-0.3, -0.25) is 14.2 Å². The molecule has 1 amide bonds. The van der Waals surface area contributed by atoms with Crippen LogP contribution in [-0.4, -0.2) is 33.4 Å². The van der Waals surface area contributed by atoms with E-state index in [0.29, 0.717) is 22.6 Å². The number of allylic oxidation sites excluding steroid dienone is 1. The van der Waals surface area contributed by atoms with Crippen molar-refractivity contribution in [1.82, 2.24) is 14.5 Å². The summed E-state index contributed by atoms with van der Waals surface area (Å²) in [5.41, 5.74) is 1.45. The maximum atomic E-state index is 13.3. The molecule has 2 heterocycles. The van der Waals surface area contributed by atoms with E-state index in [1.54, 1.807) is 16.7 Å². The number of likely N-dealkylation sites (tertiary alicyclic amines) is 1. The van der Waals surface area contributed by atoms with E-state index in [1.165, 1.54) is 11.8 Å². The fraction of sp³-hybridized carbons (Fsp3) is 0.261. The third-order valence-electron chi connectivity index (χ3n) is 5.11. The van der Waals surface area contributed by atoms with Crippen LogP contribution < -0.4 is 5.56 Å². The molecule has 4 rings (SSSR count). The fourth-order valence-corrected chi connectivity index (χ4v) is 4.81. The number of carbonyl (C=O) groups is 1. The van der Waals surface area contributed by atoms with Gasteiger partial charge in [0, 0.05) is 19.6 Å². The molecule has 0 spiro atoms. The molecule has 1 aromatic heterocycles. The molecule has 6 heteroatoms. The quantitative estimate of drug-likeness (QED) is 0.353. The number of nitrogens with zero attached hydrogens (tertiary/aromatic N) is 3. The van der Waals surface area contributed by atoms with Crippen molar-refractivity contribution in [2.75, 3.05) is 13.1 Å². The van der Waals surface area contributed by atoms with Crippen molar-refractivity contribution in [3.63, 3.8) is 0 Å². The molecule has 3 aromatic rings. The summed E-state index contributed by atoms with van der Waals surface area (Å²) in [7, 11) is 0. The highest BCUT2D eigenvalue weighted by Crippen LogP contribution is 2.36. The zero-order valence-electron chi connectivity index (χ0n) is 16.2. The average molecular weight is 406 g/mol. The molecular weight excluding hydrogens is 382 g/mol. The van der Waals surface area contributed by atoms with Crippen molar-refractivity contribution in [3.8, 4) is 0 Å². The number of aromatic nitrogens is 2. The van der Waals surface area contributed by atoms with Crippen LogP contribution in [-0.2, 0) is 11.3 Å². The number of benzene rings is 2. The first-order valence-corrected chi connectivity index (χ1v) is 10.7. The third-order valence-corrected chi connectivity index (χ3v) is 6.34. The Balaban J connectivity index is 1.80. The van der Waals surface area contributed by atoms with E-state index in [9.17, 15) is 9.59 Å². The molecule has 1 aliphatic heterocycles. The Morgan fingerprint density at radius 2 is 1.79 bits per heavy atom. The van der Waals surface area contributed by atoms with Gasteiger partial charge in [0.25, 0.3) is 5.56 Å². The van der Waals surface area contributed by atoms with Gasteiger partial charge in [0.1, 0.15) is 5.25 Å². The van der Waals surface area contributed by atoms with Crippen LogP contribution in [0.15, 0.2) is 77.2 Å². The number of amides is 1. The first kappa shape index (κ1) is 19.5. The minimum absolute atomic E-state index is 0.0752. The molecule has 0 aliphatic carbocycles. The standard InChI is InChI=1S/C23H23N3O2S/c1-2-14-26-21(27)18-12-6-7-13-19(18)24-23(26)29-20(17-10-4-3-5-11-17)22(28)25-15-8-9-16-25/h2-7,10-13,20H,1,8-9,14-16H2/t20-/m0/s1. The molecule has 1 atom stereocenters. The number of hydrogen-bond acceptors (Lipinski definition) is 4. The van der Waals surface area contributed by atoms with Gasteiger partial charge in [0.05, 0.1) is 10.9 Å². The summed E-state index contributed by atoms with van der Waals surface area (Å²) in [6, 6.07) is 17.0. The molecule has 1 saturated heterocycles. The van der Waals surface area contributed by atoms with Crippen molar-refractivity contribution in [2.24, 2.45) is 0 Å². The van der Waals surface area contributed by atoms with E-state index in [4.69, 9.17) is 4.98 Å². The molecular formula is C23H23N3O2S. The highest BCUT2D eigenvalue weighted by atomic mass is 32.2. The summed E-state index contributed by atoms with van der Waals surface area (Å²) >= 11 is 1.35. The van der Waals surface area contributed by atoms with Gasteiger partial charge in [-0.2, -0.15) is 0 Å². The number of fused-ring (bicyclic) bond motifs is 1. The van der Waals surface area contributed by atoms with Crippen molar-refractivity contribution in [3.05, 3.63) is 83.2 Å². The summed E-state index contributed by atoms with van der Waals surface area (Å²) < 4.78 is 1.60. The van der Waals surface area contributed by atoms with Gasteiger partial charge in [-0.05, 0) is 30.5 Å². The largest absolute Gasteiger partial charge is 0.341 e. The topological polar surface area (TPSA) is 55.2 Å². The lowest BCUT2D eigenvalue weighted by atomic mass is 10.1. The van der Waals surface area contributed by atoms with Gasteiger partial charge >= 0.3 is 0 Å². The van der Waals surface area contributed by atoms with Crippen molar-refractivity contribution in [2.45, 2.75) is 29.8 Å². The fourth-order valence-electron chi connectivity index (χ4n) is 3.63. The van der Waals surface area contributed by atoms with Crippen molar-refractivity contribution < 1.29 is 4.79 Å². The lowest BCUT2D eigenvalue weighted by molar-refractivity contribution is -0.129. The molecule has 1 aliphatic rings. The molecule has 148 valence electrons. The van der Waals surface area contributed by atoms with Crippen LogP contribution in [0.1, 0.15) is 23.7 Å². The van der Waals surface area contributed by atoms with E-state index in [2.05, 4.69) is 6.58 Å². The second kappa shape index (κ2) is 8.66. The van der Waals surface area contributed by atoms with Crippen LogP contribution in [0.25, 0.3) is 10.9 Å². The molecule has 0 radical (unpaired) electrons. The predicted molar refractivity (Wildman–Crippen MR) is 117 cm³/mol. The first-order chi connectivity index (χ1) is 14.2. The SMILES string of the molecule is C=CCn1c(S[C@H](C(=O)N2CCCC2)c2ccccc2)nc2ccccc2c1=O. The second-order valence-electron chi connectivity index (χ2n) is 7.06. The monoisotopic (exact) mass is 405 g/mol. The van der Waals surface area contributed by atoms with Gasteiger partial charge in [-0.15, -0.1) is 6.58 Å². The Bertz CT molecular complexity index is 1090. The number of rotatable bonds is 6. The molecule has 2 aromatic carbocycles. The normalized spacial score (nSPS) is 14.8. The zero-order chi connectivity index (χ0) is 20.2. The molecule has 0 N–H and O–H groups in total. The van der Waals surface area contributed by atoms with E-state index < -0.39 is 5.25 Å². The first-order valence-electron chi connectivity index (χ1n) is 9.80. The van der Waals surface area contributed by atoms with E-state index in [0.717, 1.165) is 31.5 Å². The van der Waals surface area contributed by atoms with Crippen LogP contribution in [0.3, 0.4) is 0 Å². The van der Waals surface area contributed by atoms with E-state index in [-0.39, 0.29) is 11.5 Å². The Morgan fingerprint density at radius 1 is 1.10 bits per heavy atom. The highest BCUT2D eigenvalue weighted by molar-refractivity contribution is 8.00. The van der Waals surface area contributed by atoms with Crippen LogP contribution in [0, 0.1) is 0 Å². The number of para-hydroxylation sites is 1. The van der Waals surface area contributed by atoms with Gasteiger partial charge in [0.2, 0.25) is 5.91 Å². The van der Waals surface area contributed by atoms with Crippen LogP contribution >= 0.6 is 11.8 Å². The Labute approximate surface area is 174 Å². The summed E-state index contributed by atoms with van der Waals surface area (Å²) in [6.45, 7) is 5.70. The molecule has 0 saturated carbocycles. The summed E-state index contributed by atoms with van der Waals surface area (Å²) in [5.74, 6) is 0.0752. The smallest absolute Gasteiger partial charge is 0.262 e. The van der Waals surface area contributed by atoms with Crippen molar-refractivity contribution in [1.29, 1.82) is 0 Å². The average Bonchev–Trinajstić information content (AvgIpc) is 3.30. The predicted octanol–water partition coefficient (Wildman–Crippen LogP) is 4.04. The highest BCUT2D eigenvalue weighted by Gasteiger charge is 2.30. The third kappa shape index (κ3) is 3.98. The Kier molecular flexibility index (Phi) is 5.81. The maximum absolute atomic E-state index is 13.3. The number of hydrogen-bond donors (Lipinski definition) is 0. The molecule has 5 nitrogen and oxygen atoms in total. The Hall–Kier alpha value is -2.86. The van der Waals surface area contributed by atoms with Gasteiger partial charge in [-0.25, -0.2) is 4.98 Å². The maximum Gasteiger partial charge on any atom is 0.262 e. The number of thioether (sulfide) groups is 1. The molecule has 29 heavy (non-hydrogen) atoms. The molecule has 1 fully saturated rings. The van der Waals surface area contributed by atoms with Crippen LogP contribution in [0.2, 0.25) is 0 Å². The van der Waals surface area contributed by atoms with Gasteiger partial charge < -0.3 is 4.90 Å². The van der Waals surface area contributed by atoms with Crippen LogP contribution in [0.4, 0.5) is 0 Å². The Morgan fingerprint density at radius 3 is 2.52 bits per heavy atom. The minimum Gasteiger partial charge on any atom is -0.341 e. The number of carbonyl (C=O) groups excluding carboxylic acids is 1. The summed E-state index contributed by atoms with van der Waals surface area (Å²) in [4.78, 5) is 33.0. The minimum atomic E-state index is -0.446. The zero-order valence-corrected chi connectivity index (χ0v) is 17.0. The molecule has 0 unspecified atom stereocenters. The van der Waals surface area contributed by atoms with E-state index in [1.807, 2.05) is 53.4 Å². The molecule has 0 bridgehead atoms. The van der Waals surface area contributed by atoms with E-state index >= 15 is 0 Å². The second-order valence-corrected chi connectivity index (χ2v) is 8.13. The van der Waals surface area contributed by atoms with Crippen LogP contribution in [0.5, 0.6) is 0 Å². The summed E-state index contributed by atoms with van der Waals surface area (Å²) in [6.07, 6.45) is 3.75. The van der Waals surface area contributed by atoms with Crippen molar-refractivity contribution >= 4 is 28.6 Å². The lowest BCUT2D eigenvalue weighted by Crippen LogP contribution is -2.32. The van der Waals surface area contributed by atoms with Gasteiger partial charge in [-0.1, -0.05) is 60.3 Å². The lowest BCUT2D eigenvalue weighted by Gasteiger charge is -2.24.